The summed E-state index contributed by atoms with van der Waals surface area (Å²) >= 11 is 0. The Morgan fingerprint density at radius 1 is 0.914 bits per heavy atom. The molecule has 1 N–H and O–H groups in total. The summed E-state index contributed by atoms with van der Waals surface area (Å²) in [5.41, 5.74) is 3.46. The minimum Gasteiger partial charge on any atom is -0.454 e. The number of rotatable bonds is 6. The van der Waals surface area contributed by atoms with Crippen molar-refractivity contribution in [2.75, 3.05) is 18.2 Å². The third kappa shape index (κ3) is 3.58. The van der Waals surface area contributed by atoms with Crippen LogP contribution in [0.25, 0.3) is 0 Å². The minimum atomic E-state index is -0.502. The summed E-state index contributed by atoms with van der Waals surface area (Å²) in [6, 6.07) is 20.2. The number of hydrogen-bond acceptors (Lipinski definition) is 5. The van der Waals surface area contributed by atoms with Crippen LogP contribution in [0, 0.1) is 0 Å². The van der Waals surface area contributed by atoms with Gasteiger partial charge in [0.2, 0.25) is 12.7 Å². The zero-order chi connectivity index (χ0) is 23.9. The Labute approximate surface area is 202 Å². The molecule has 8 nitrogen and oxygen atoms in total. The second-order valence-corrected chi connectivity index (χ2v) is 8.72. The van der Waals surface area contributed by atoms with E-state index in [1.807, 2.05) is 48.5 Å². The van der Waals surface area contributed by atoms with Crippen LogP contribution in [0.2, 0.25) is 0 Å². The second-order valence-electron chi connectivity index (χ2n) is 8.72. The fourth-order valence-electron chi connectivity index (χ4n) is 4.95. The second kappa shape index (κ2) is 8.47. The summed E-state index contributed by atoms with van der Waals surface area (Å²) in [7, 11) is 0. The van der Waals surface area contributed by atoms with Crippen LogP contribution in [-0.2, 0) is 11.3 Å². The standard InChI is InChI=1S/C27H23N3O5/c31-24(28-15-17-11-12-22-23(14-17)35-16-34-22)10-5-13-29-25-18-6-1-2-7-19(18)27(33)30(25)21-9-4-3-8-20(21)26(29)32/h1-4,6-9,11-12,14,25H,5,10,13,15-16H2,(H,28,31)/t25-/m0/s1. The number of para-hydroxylation sites is 1. The summed E-state index contributed by atoms with van der Waals surface area (Å²) < 4.78 is 10.7. The zero-order valence-electron chi connectivity index (χ0n) is 18.9. The number of ether oxygens (including phenoxy) is 2. The van der Waals surface area contributed by atoms with Gasteiger partial charge in [-0.05, 0) is 42.3 Å². The lowest BCUT2D eigenvalue weighted by atomic mass is 10.0. The number of amides is 3. The molecule has 0 spiro atoms. The van der Waals surface area contributed by atoms with Crippen molar-refractivity contribution in [3.05, 3.63) is 89.0 Å². The van der Waals surface area contributed by atoms with E-state index in [0.29, 0.717) is 47.8 Å². The lowest BCUT2D eigenvalue weighted by Crippen LogP contribution is -2.48. The number of nitrogens with one attached hydrogen (secondary N) is 1. The molecular weight excluding hydrogens is 446 g/mol. The molecule has 35 heavy (non-hydrogen) atoms. The van der Waals surface area contributed by atoms with Gasteiger partial charge in [-0.1, -0.05) is 36.4 Å². The number of carbonyl (C=O) groups is 3. The average molecular weight is 469 g/mol. The lowest BCUT2D eigenvalue weighted by molar-refractivity contribution is -0.121. The Morgan fingerprint density at radius 3 is 2.57 bits per heavy atom. The van der Waals surface area contributed by atoms with Gasteiger partial charge in [-0.2, -0.15) is 0 Å². The number of carbonyl (C=O) groups excluding carboxylic acids is 3. The van der Waals surface area contributed by atoms with Gasteiger partial charge in [0, 0.05) is 30.6 Å². The highest BCUT2D eigenvalue weighted by atomic mass is 16.7. The van der Waals surface area contributed by atoms with Crippen molar-refractivity contribution in [2.45, 2.75) is 25.6 Å². The first kappa shape index (κ1) is 21.2. The molecule has 0 bridgehead atoms. The number of anilines is 1. The highest BCUT2D eigenvalue weighted by Crippen LogP contribution is 2.45. The molecule has 8 heteroatoms. The summed E-state index contributed by atoms with van der Waals surface area (Å²) in [5.74, 6) is 1.03. The van der Waals surface area contributed by atoms with Gasteiger partial charge in [-0.25, -0.2) is 0 Å². The van der Waals surface area contributed by atoms with E-state index in [1.54, 1.807) is 28.0 Å². The minimum absolute atomic E-state index is 0.104. The first-order chi connectivity index (χ1) is 17.1. The normalized spacial score (nSPS) is 17.2. The summed E-state index contributed by atoms with van der Waals surface area (Å²) in [5, 5.41) is 2.92. The molecule has 0 saturated heterocycles. The van der Waals surface area contributed by atoms with Crippen LogP contribution in [-0.4, -0.2) is 36.0 Å². The van der Waals surface area contributed by atoms with Gasteiger partial charge in [0.05, 0.1) is 11.3 Å². The number of benzene rings is 3. The molecule has 3 aromatic rings. The van der Waals surface area contributed by atoms with Gasteiger partial charge in [0.15, 0.2) is 11.5 Å². The van der Waals surface area contributed by atoms with Crippen molar-refractivity contribution in [2.24, 2.45) is 0 Å². The van der Waals surface area contributed by atoms with Crippen molar-refractivity contribution in [3.8, 4) is 11.5 Å². The number of nitrogens with zero attached hydrogens (tertiary/aromatic N) is 2. The topological polar surface area (TPSA) is 88.2 Å². The fraction of sp³-hybridized carbons (Fsp3) is 0.222. The first-order valence-electron chi connectivity index (χ1n) is 11.6. The van der Waals surface area contributed by atoms with Crippen LogP contribution in [0.1, 0.15) is 50.9 Å². The van der Waals surface area contributed by atoms with Crippen LogP contribution in [0.5, 0.6) is 11.5 Å². The van der Waals surface area contributed by atoms with Crippen molar-refractivity contribution in [1.82, 2.24) is 10.2 Å². The Hall–Kier alpha value is -4.33. The highest BCUT2D eigenvalue weighted by Gasteiger charge is 2.47. The van der Waals surface area contributed by atoms with E-state index in [0.717, 1.165) is 11.1 Å². The van der Waals surface area contributed by atoms with E-state index in [9.17, 15) is 14.4 Å². The van der Waals surface area contributed by atoms with Gasteiger partial charge in [0.25, 0.3) is 11.8 Å². The monoisotopic (exact) mass is 469 g/mol. The van der Waals surface area contributed by atoms with Crippen LogP contribution in [0.15, 0.2) is 66.7 Å². The Balaban J connectivity index is 1.14. The van der Waals surface area contributed by atoms with Crippen LogP contribution in [0.3, 0.4) is 0 Å². The van der Waals surface area contributed by atoms with E-state index < -0.39 is 6.17 Å². The van der Waals surface area contributed by atoms with E-state index in [1.165, 1.54) is 0 Å². The molecule has 0 saturated carbocycles. The average Bonchev–Trinajstić information content (AvgIpc) is 3.47. The molecule has 0 fully saturated rings. The van der Waals surface area contributed by atoms with Gasteiger partial charge >= 0.3 is 0 Å². The van der Waals surface area contributed by atoms with Gasteiger partial charge in [-0.15, -0.1) is 0 Å². The van der Waals surface area contributed by atoms with Crippen molar-refractivity contribution >= 4 is 23.4 Å². The molecule has 3 amide bonds. The number of hydrogen-bond donors (Lipinski definition) is 1. The highest BCUT2D eigenvalue weighted by molar-refractivity contribution is 6.16. The SMILES string of the molecule is O=C(CCCN1C(=O)c2ccccc2N2C(=O)c3ccccc3[C@@H]12)NCc1ccc2c(c1)OCO2. The Bertz CT molecular complexity index is 1350. The summed E-state index contributed by atoms with van der Waals surface area (Å²) in [4.78, 5) is 42.6. The van der Waals surface area contributed by atoms with Gasteiger partial charge in [0.1, 0.15) is 6.17 Å². The molecule has 0 unspecified atom stereocenters. The smallest absolute Gasteiger partial charge is 0.260 e. The molecular formula is C27H23N3O5. The largest absolute Gasteiger partial charge is 0.454 e. The first-order valence-corrected chi connectivity index (χ1v) is 11.6. The lowest BCUT2D eigenvalue weighted by Gasteiger charge is -2.41. The van der Waals surface area contributed by atoms with Gasteiger partial charge in [-0.3, -0.25) is 19.3 Å². The molecule has 0 aliphatic carbocycles. The van der Waals surface area contributed by atoms with Crippen LogP contribution >= 0.6 is 0 Å². The van der Waals surface area contributed by atoms with Crippen LogP contribution in [0.4, 0.5) is 5.69 Å². The molecule has 0 aromatic heterocycles. The van der Waals surface area contributed by atoms with E-state index in [-0.39, 0.29) is 30.9 Å². The van der Waals surface area contributed by atoms with Crippen LogP contribution < -0.4 is 19.7 Å². The Morgan fingerprint density at radius 2 is 1.69 bits per heavy atom. The predicted molar refractivity (Wildman–Crippen MR) is 127 cm³/mol. The molecule has 176 valence electrons. The summed E-state index contributed by atoms with van der Waals surface area (Å²) in [6.07, 6.45) is 0.234. The molecule has 3 aliphatic rings. The van der Waals surface area contributed by atoms with Gasteiger partial charge < -0.3 is 19.7 Å². The maximum atomic E-state index is 13.4. The third-order valence-electron chi connectivity index (χ3n) is 6.61. The van der Waals surface area contributed by atoms with Crippen molar-refractivity contribution in [1.29, 1.82) is 0 Å². The molecule has 6 rings (SSSR count). The maximum absolute atomic E-state index is 13.4. The molecule has 3 aliphatic heterocycles. The molecule has 1 atom stereocenters. The van der Waals surface area contributed by atoms with E-state index in [2.05, 4.69) is 5.32 Å². The zero-order valence-corrected chi connectivity index (χ0v) is 18.9. The third-order valence-corrected chi connectivity index (χ3v) is 6.61. The quantitative estimate of drug-likeness (QED) is 0.596. The number of fused-ring (bicyclic) bond motifs is 6. The maximum Gasteiger partial charge on any atom is 0.260 e. The van der Waals surface area contributed by atoms with E-state index in [4.69, 9.17) is 9.47 Å². The van der Waals surface area contributed by atoms with Crippen molar-refractivity contribution < 1.29 is 23.9 Å². The van der Waals surface area contributed by atoms with Crippen molar-refractivity contribution in [3.63, 3.8) is 0 Å². The van der Waals surface area contributed by atoms with E-state index >= 15 is 0 Å². The molecule has 3 heterocycles. The summed E-state index contributed by atoms with van der Waals surface area (Å²) in [6.45, 7) is 0.941. The molecule has 3 aromatic carbocycles. The molecule has 0 radical (unpaired) electrons. The fourth-order valence-corrected chi connectivity index (χ4v) is 4.95. The predicted octanol–water partition coefficient (Wildman–Crippen LogP) is 3.63. The Kier molecular flexibility index (Phi) is 5.13.